The van der Waals surface area contributed by atoms with Gasteiger partial charge < -0.3 is 9.31 Å². The summed E-state index contributed by atoms with van der Waals surface area (Å²) in [7, 11) is 0. The molecule has 2 fully saturated rings. The summed E-state index contributed by atoms with van der Waals surface area (Å²) >= 11 is 0. The number of hydrogen-bond acceptors (Lipinski definition) is 4. The molecule has 100 valence electrons. The zero-order valence-corrected chi connectivity index (χ0v) is 11.0. The molecule has 2 saturated heterocycles. The SMILES string of the molecule is CCC\C=C/C=C/C=C\[B-]12OC(=O)C[C+]1CC(=O)O2. The monoisotopic (exact) mass is 260 g/mol. The van der Waals surface area contributed by atoms with E-state index in [1.165, 1.54) is 0 Å². The highest BCUT2D eigenvalue weighted by atomic mass is 16.7. The van der Waals surface area contributed by atoms with E-state index in [0.29, 0.717) is 0 Å². The van der Waals surface area contributed by atoms with Crippen LogP contribution in [-0.4, -0.2) is 18.5 Å². The van der Waals surface area contributed by atoms with Crippen LogP contribution in [0.4, 0.5) is 0 Å². The average Bonchev–Trinajstić information content (AvgIpc) is 2.79. The Morgan fingerprint density at radius 2 is 1.74 bits per heavy atom. The van der Waals surface area contributed by atoms with Crippen LogP contribution >= 0.6 is 0 Å². The fourth-order valence-electron chi connectivity index (χ4n) is 2.28. The lowest BCUT2D eigenvalue weighted by Gasteiger charge is -2.20. The van der Waals surface area contributed by atoms with E-state index in [1.54, 1.807) is 12.1 Å². The van der Waals surface area contributed by atoms with Gasteiger partial charge in [0.15, 0.2) is 0 Å². The third kappa shape index (κ3) is 3.10. The first-order chi connectivity index (χ1) is 9.16. The molecular formula is C14H17BO4. The Labute approximate surface area is 113 Å². The second-order valence-corrected chi connectivity index (χ2v) is 4.75. The van der Waals surface area contributed by atoms with Crippen LogP contribution in [0.25, 0.3) is 0 Å². The summed E-state index contributed by atoms with van der Waals surface area (Å²) in [6, 6.07) is 0. The van der Waals surface area contributed by atoms with E-state index >= 15 is 0 Å². The minimum atomic E-state index is -1.96. The van der Waals surface area contributed by atoms with Crippen LogP contribution in [0.5, 0.6) is 0 Å². The molecule has 0 aliphatic carbocycles. The molecule has 0 radical (unpaired) electrons. The molecule has 0 bridgehead atoms. The Morgan fingerprint density at radius 3 is 2.37 bits per heavy atom. The minimum Gasteiger partial charge on any atom is -0.610 e. The smallest absolute Gasteiger partial charge is 0.581 e. The molecule has 2 aliphatic rings. The number of carbonyl (C=O) groups excluding carboxylic acids is 2. The molecule has 0 aromatic carbocycles. The van der Waals surface area contributed by atoms with Crippen LogP contribution in [0, 0.1) is 5.82 Å². The minimum absolute atomic E-state index is 0.191. The molecule has 19 heavy (non-hydrogen) atoms. The molecular weight excluding hydrogens is 243 g/mol. The van der Waals surface area contributed by atoms with Gasteiger partial charge in [-0.05, 0) is 6.42 Å². The lowest BCUT2D eigenvalue weighted by atomic mass is 9.49. The van der Waals surface area contributed by atoms with E-state index in [-0.39, 0.29) is 24.8 Å². The number of allylic oxidation sites excluding steroid dienone is 5. The summed E-state index contributed by atoms with van der Waals surface area (Å²) in [5.41, 5.74) is 0. The van der Waals surface area contributed by atoms with Crippen LogP contribution in [0.3, 0.4) is 0 Å². The Hall–Kier alpha value is -1.91. The molecule has 5 heteroatoms. The van der Waals surface area contributed by atoms with Crippen LogP contribution in [0.1, 0.15) is 32.6 Å². The Balaban J connectivity index is 1.96. The first-order valence-corrected chi connectivity index (χ1v) is 6.61. The van der Waals surface area contributed by atoms with Crippen molar-refractivity contribution in [3.8, 4) is 0 Å². The molecule has 0 aromatic rings. The molecule has 2 heterocycles. The van der Waals surface area contributed by atoms with Gasteiger partial charge in [0.05, 0.1) is 0 Å². The zero-order valence-electron chi connectivity index (χ0n) is 11.0. The van der Waals surface area contributed by atoms with Crippen molar-refractivity contribution in [1.82, 2.24) is 0 Å². The lowest BCUT2D eigenvalue weighted by Crippen LogP contribution is -2.37. The van der Waals surface area contributed by atoms with Crippen LogP contribution in [0.2, 0.25) is 0 Å². The van der Waals surface area contributed by atoms with Gasteiger partial charge in [0.25, 0.3) is 0 Å². The Kier molecular flexibility index (Phi) is 4.15. The molecule has 2 rings (SSSR count). The van der Waals surface area contributed by atoms with E-state index in [4.69, 9.17) is 9.31 Å². The maximum atomic E-state index is 11.3. The summed E-state index contributed by atoms with van der Waals surface area (Å²) in [5, 5.41) is 0. The highest BCUT2D eigenvalue weighted by molar-refractivity contribution is 6.84. The van der Waals surface area contributed by atoms with Gasteiger partial charge in [-0.15, -0.1) is 5.98 Å². The van der Waals surface area contributed by atoms with Gasteiger partial charge in [0.2, 0.25) is 0 Å². The largest absolute Gasteiger partial charge is 0.610 e. The first-order valence-electron chi connectivity index (χ1n) is 6.61. The van der Waals surface area contributed by atoms with E-state index in [1.807, 2.05) is 18.2 Å². The van der Waals surface area contributed by atoms with Crippen LogP contribution in [0.15, 0.2) is 36.4 Å². The maximum Gasteiger partial charge on any atom is 0.581 e. The normalized spacial score (nSPS) is 21.6. The molecule has 0 amide bonds. The lowest BCUT2D eigenvalue weighted by molar-refractivity contribution is -0.138. The van der Waals surface area contributed by atoms with Crippen molar-refractivity contribution in [3.05, 3.63) is 42.2 Å². The van der Waals surface area contributed by atoms with Crippen molar-refractivity contribution in [2.45, 2.75) is 32.6 Å². The zero-order chi connectivity index (χ0) is 13.7. The molecule has 0 spiro atoms. The highest BCUT2D eigenvalue weighted by Gasteiger charge is 2.62. The number of rotatable bonds is 5. The maximum absolute atomic E-state index is 11.3. The van der Waals surface area contributed by atoms with Crippen LogP contribution < -0.4 is 0 Å². The number of fused-ring (bicyclic) bond motifs is 1. The number of hydrogen-bond donors (Lipinski definition) is 0. The van der Waals surface area contributed by atoms with Gasteiger partial charge in [0.1, 0.15) is 12.8 Å². The van der Waals surface area contributed by atoms with Crippen molar-refractivity contribution in [2.75, 3.05) is 0 Å². The van der Waals surface area contributed by atoms with Gasteiger partial charge in [-0.3, -0.25) is 9.59 Å². The molecule has 0 N–H and O–H groups in total. The highest BCUT2D eigenvalue weighted by Crippen LogP contribution is 2.40. The van der Waals surface area contributed by atoms with Gasteiger partial charge in [-0.2, -0.15) is 0 Å². The van der Waals surface area contributed by atoms with Crippen LogP contribution in [-0.2, 0) is 18.9 Å². The first kappa shape index (κ1) is 13.5. The topological polar surface area (TPSA) is 52.6 Å². The Morgan fingerprint density at radius 1 is 1.11 bits per heavy atom. The summed E-state index contributed by atoms with van der Waals surface area (Å²) in [6.45, 7) is 0.159. The van der Waals surface area contributed by atoms with Crippen molar-refractivity contribution in [2.24, 2.45) is 0 Å². The average molecular weight is 260 g/mol. The molecule has 0 atom stereocenters. The second kappa shape index (κ2) is 5.82. The van der Waals surface area contributed by atoms with Crippen molar-refractivity contribution >= 4 is 18.5 Å². The predicted molar refractivity (Wildman–Crippen MR) is 72.7 cm³/mol. The van der Waals surface area contributed by atoms with E-state index < -0.39 is 6.55 Å². The molecule has 4 nitrogen and oxygen atoms in total. The summed E-state index contributed by atoms with van der Waals surface area (Å²) in [5.74, 6) is 1.79. The molecule has 0 aromatic heterocycles. The predicted octanol–water partition coefficient (Wildman–Crippen LogP) is 2.44. The molecule has 2 aliphatic heterocycles. The quantitative estimate of drug-likeness (QED) is 0.433. The summed E-state index contributed by atoms with van der Waals surface area (Å²) in [6.07, 6.45) is 12.1. The number of carbonyl (C=O) groups is 2. The van der Waals surface area contributed by atoms with Gasteiger partial charge >= 0.3 is 18.5 Å². The third-order valence-corrected chi connectivity index (χ3v) is 3.21. The second-order valence-electron chi connectivity index (χ2n) is 4.75. The Bertz CT molecular complexity index is 430. The van der Waals surface area contributed by atoms with Crippen molar-refractivity contribution in [1.29, 1.82) is 0 Å². The van der Waals surface area contributed by atoms with E-state index in [2.05, 4.69) is 13.0 Å². The van der Waals surface area contributed by atoms with Crippen molar-refractivity contribution < 1.29 is 18.9 Å². The van der Waals surface area contributed by atoms with Gasteiger partial charge in [-0.25, -0.2) is 0 Å². The summed E-state index contributed by atoms with van der Waals surface area (Å²) in [4.78, 5) is 22.6. The fourth-order valence-corrected chi connectivity index (χ4v) is 2.28. The van der Waals surface area contributed by atoms with Crippen molar-refractivity contribution in [3.63, 3.8) is 0 Å². The number of unbranched alkanes of at least 4 members (excludes halogenated alkanes) is 1. The molecule has 0 unspecified atom stereocenters. The van der Waals surface area contributed by atoms with E-state index in [0.717, 1.165) is 18.7 Å². The standard InChI is InChI=1S/C14H17BO4/c1-2-3-4-5-6-7-8-9-15-12(10-13(16)18-15)11-14(17)19-15/h4-9H,2-3,10-11H2,1H3/b5-4-,7-6+,9-8-. The fraction of sp³-hybridized carbons (Fsp3) is 0.357. The van der Waals surface area contributed by atoms with Gasteiger partial charge in [0, 0.05) is 5.82 Å². The molecule has 0 saturated carbocycles. The third-order valence-electron chi connectivity index (χ3n) is 3.21. The van der Waals surface area contributed by atoms with Gasteiger partial charge in [-0.1, -0.05) is 43.7 Å². The summed E-state index contributed by atoms with van der Waals surface area (Å²) < 4.78 is 10.4. The van der Waals surface area contributed by atoms with E-state index in [9.17, 15) is 9.59 Å².